The first kappa shape index (κ1) is 26.9. The first-order valence-corrected chi connectivity index (χ1v) is 12.2. The molecule has 0 saturated heterocycles. The molecule has 0 radical (unpaired) electrons. The highest BCUT2D eigenvalue weighted by Crippen LogP contribution is 2.39. The lowest BCUT2D eigenvalue weighted by molar-refractivity contribution is -0.392. The molecule has 1 rings (SSSR count). The van der Waals surface area contributed by atoms with E-state index in [-0.39, 0.29) is 5.92 Å². The van der Waals surface area contributed by atoms with E-state index < -0.39 is 5.97 Å². The lowest BCUT2D eigenvalue weighted by atomic mass is 9.90. The van der Waals surface area contributed by atoms with Gasteiger partial charge in [-0.05, 0) is 43.4 Å². The molecule has 0 aromatic heterocycles. The third-order valence-corrected chi connectivity index (χ3v) is 5.31. The van der Waals surface area contributed by atoms with Crippen LogP contribution in [0.5, 0.6) is 5.75 Å². The van der Waals surface area contributed by atoms with E-state index in [1.165, 1.54) is 37.7 Å². The Kier molecular flexibility index (Phi) is 14.9. The molecule has 0 aliphatic carbocycles. The summed E-state index contributed by atoms with van der Waals surface area (Å²) in [7, 11) is 1.70. The van der Waals surface area contributed by atoms with Crippen molar-refractivity contribution in [2.24, 2.45) is 0 Å². The van der Waals surface area contributed by atoms with Crippen molar-refractivity contribution in [3.05, 3.63) is 29.8 Å². The van der Waals surface area contributed by atoms with Crippen LogP contribution in [0, 0.1) is 0 Å². The first-order valence-electron chi connectivity index (χ1n) is 12.2. The van der Waals surface area contributed by atoms with E-state index in [0.717, 1.165) is 37.9 Å². The highest BCUT2D eigenvalue weighted by atomic mass is 16.9. The van der Waals surface area contributed by atoms with Crippen LogP contribution in [-0.4, -0.2) is 32.9 Å². The molecule has 0 aliphatic heterocycles. The monoisotopic (exact) mass is 422 g/mol. The number of hydrogen-bond donors (Lipinski definition) is 0. The summed E-state index contributed by atoms with van der Waals surface area (Å²) in [6.07, 6.45) is 11.4. The molecular weight excluding hydrogens is 376 g/mol. The van der Waals surface area contributed by atoms with Gasteiger partial charge in [0.05, 0.1) is 32.8 Å². The predicted molar refractivity (Wildman–Crippen MR) is 125 cm³/mol. The summed E-state index contributed by atoms with van der Waals surface area (Å²) in [5.74, 6) is -0.139. The third kappa shape index (κ3) is 9.36. The van der Waals surface area contributed by atoms with Gasteiger partial charge in [0, 0.05) is 0 Å². The number of methoxy groups -OCH3 is 1. The smallest absolute Gasteiger partial charge is 0.290 e. The molecular formula is C26H46O4. The van der Waals surface area contributed by atoms with Gasteiger partial charge in [-0.25, -0.2) is 0 Å². The second-order valence-corrected chi connectivity index (χ2v) is 8.03. The minimum atomic E-state index is -1.03. The molecule has 174 valence electrons. The Balaban J connectivity index is 3.12. The zero-order chi connectivity index (χ0) is 22.1. The van der Waals surface area contributed by atoms with E-state index in [0.29, 0.717) is 19.8 Å². The number of benzene rings is 1. The van der Waals surface area contributed by atoms with Gasteiger partial charge in [0.1, 0.15) is 5.75 Å². The van der Waals surface area contributed by atoms with Crippen LogP contribution in [0.1, 0.15) is 103 Å². The summed E-state index contributed by atoms with van der Waals surface area (Å²) in [6.45, 7) is 10.5. The molecule has 1 unspecified atom stereocenters. The van der Waals surface area contributed by atoms with Crippen molar-refractivity contribution in [3.8, 4) is 5.75 Å². The molecule has 0 N–H and O–H groups in total. The van der Waals surface area contributed by atoms with Crippen LogP contribution >= 0.6 is 0 Å². The molecule has 0 aliphatic rings. The average Bonchev–Trinajstić information content (AvgIpc) is 2.79. The lowest BCUT2D eigenvalue weighted by Gasteiger charge is -2.40. The molecule has 0 amide bonds. The molecule has 1 atom stereocenters. The highest BCUT2D eigenvalue weighted by molar-refractivity contribution is 5.30. The Hall–Kier alpha value is -1.10. The molecule has 0 bridgehead atoms. The summed E-state index contributed by atoms with van der Waals surface area (Å²) in [4.78, 5) is 0. The second-order valence-electron chi connectivity index (χ2n) is 8.03. The van der Waals surface area contributed by atoms with E-state index in [2.05, 4.69) is 39.8 Å². The summed E-state index contributed by atoms with van der Waals surface area (Å²) in [6, 6.07) is 8.31. The molecule has 1 aromatic carbocycles. The van der Waals surface area contributed by atoms with Crippen LogP contribution in [0.25, 0.3) is 0 Å². The van der Waals surface area contributed by atoms with Crippen LogP contribution < -0.4 is 4.74 Å². The topological polar surface area (TPSA) is 36.9 Å². The lowest BCUT2D eigenvalue weighted by Crippen LogP contribution is -2.46. The van der Waals surface area contributed by atoms with E-state index in [1.807, 2.05) is 12.1 Å². The van der Waals surface area contributed by atoms with Gasteiger partial charge in [-0.3, -0.25) is 0 Å². The number of ether oxygens (including phenoxy) is 4. The van der Waals surface area contributed by atoms with E-state index in [9.17, 15) is 0 Å². The van der Waals surface area contributed by atoms with E-state index >= 15 is 0 Å². The number of unbranched alkanes of at least 4 members (excludes halogenated alkanes) is 5. The molecule has 0 spiro atoms. The fraction of sp³-hybridized carbons (Fsp3) is 0.769. The van der Waals surface area contributed by atoms with Gasteiger partial charge >= 0.3 is 0 Å². The standard InChI is InChI=1S/C26H46O4/c1-6-10-11-12-13-14-15-25(23-16-18-24(27-5)19-17-23)26(28-20-7-2,29-21-8-3)30-22-9-4/h16-19,25H,6-15,20-22H2,1-5H3. The quantitative estimate of drug-likeness (QED) is 0.171. The van der Waals surface area contributed by atoms with Crippen molar-refractivity contribution in [1.82, 2.24) is 0 Å². The summed E-state index contributed by atoms with van der Waals surface area (Å²) in [5, 5.41) is 0. The van der Waals surface area contributed by atoms with Crippen molar-refractivity contribution in [1.29, 1.82) is 0 Å². The maximum Gasteiger partial charge on any atom is 0.290 e. The van der Waals surface area contributed by atoms with Crippen molar-refractivity contribution >= 4 is 0 Å². The van der Waals surface area contributed by atoms with Crippen molar-refractivity contribution in [2.45, 2.75) is 104 Å². The van der Waals surface area contributed by atoms with Gasteiger partial charge in [-0.2, -0.15) is 0 Å². The van der Waals surface area contributed by atoms with Gasteiger partial charge in [0.25, 0.3) is 5.97 Å². The second kappa shape index (κ2) is 16.6. The number of hydrogen-bond acceptors (Lipinski definition) is 4. The van der Waals surface area contributed by atoms with Crippen LogP contribution in [0.2, 0.25) is 0 Å². The molecule has 4 heteroatoms. The number of rotatable bonds is 19. The Morgan fingerprint density at radius 1 is 0.667 bits per heavy atom. The SMILES string of the molecule is CCCCCCCCC(c1ccc(OC)cc1)C(OCCC)(OCCC)OCCC. The largest absolute Gasteiger partial charge is 0.497 e. The average molecular weight is 423 g/mol. The van der Waals surface area contributed by atoms with Crippen molar-refractivity contribution in [2.75, 3.05) is 26.9 Å². The zero-order valence-electron chi connectivity index (χ0n) is 20.2. The summed E-state index contributed by atoms with van der Waals surface area (Å²) >= 11 is 0. The minimum absolute atomic E-state index is 0.0271. The molecule has 1 aromatic rings. The van der Waals surface area contributed by atoms with E-state index in [1.54, 1.807) is 7.11 Å². The Morgan fingerprint density at radius 3 is 1.63 bits per heavy atom. The molecule has 30 heavy (non-hydrogen) atoms. The summed E-state index contributed by atoms with van der Waals surface area (Å²) in [5.41, 5.74) is 1.19. The fourth-order valence-electron chi connectivity index (χ4n) is 3.67. The normalized spacial score (nSPS) is 12.8. The maximum atomic E-state index is 6.38. The third-order valence-electron chi connectivity index (χ3n) is 5.31. The molecule has 0 fully saturated rings. The Bertz CT molecular complexity index is 492. The van der Waals surface area contributed by atoms with Crippen LogP contribution in [-0.2, 0) is 14.2 Å². The van der Waals surface area contributed by atoms with Crippen LogP contribution in [0.15, 0.2) is 24.3 Å². The van der Waals surface area contributed by atoms with Crippen LogP contribution in [0.4, 0.5) is 0 Å². The van der Waals surface area contributed by atoms with Gasteiger partial charge in [0.15, 0.2) is 0 Å². The van der Waals surface area contributed by atoms with Crippen molar-refractivity contribution < 1.29 is 18.9 Å². The van der Waals surface area contributed by atoms with Gasteiger partial charge in [0.2, 0.25) is 0 Å². The Labute approximate surface area is 185 Å². The van der Waals surface area contributed by atoms with Gasteiger partial charge < -0.3 is 18.9 Å². The highest BCUT2D eigenvalue weighted by Gasteiger charge is 2.43. The first-order chi connectivity index (χ1) is 14.7. The fourth-order valence-corrected chi connectivity index (χ4v) is 3.67. The Morgan fingerprint density at radius 2 is 1.17 bits per heavy atom. The van der Waals surface area contributed by atoms with Crippen molar-refractivity contribution in [3.63, 3.8) is 0 Å². The van der Waals surface area contributed by atoms with E-state index in [4.69, 9.17) is 18.9 Å². The van der Waals surface area contributed by atoms with Gasteiger partial charge in [-0.1, -0.05) is 78.4 Å². The zero-order valence-corrected chi connectivity index (χ0v) is 20.2. The van der Waals surface area contributed by atoms with Crippen LogP contribution in [0.3, 0.4) is 0 Å². The minimum Gasteiger partial charge on any atom is -0.497 e. The molecule has 0 heterocycles. The summed E-state index contributed by atoms with van der Waals surface area (Å²) < 4.78 is 24.5. The predicted octanol–water partition coefficient (Wildman–Crippen LogP) is 7.46. The van der Waals surface area contributed by atoms with Gasteiger partial charge in [-0.15, -0.1) is 0 Å². The maximum absolute atomic E-state index is 6.38. The molecule has 4 nitrogen and oxygen atoms in total. The molecule has 0 saturated carbocycles.